The maximum absolute atomic E-state index is 13.2. The van der Waals surface area contributed by atoms with Gasteiger partial charge in [-0.15, -0.1) is 22.7 Å². The Morgan fingerprint density at radius 3 is 2.88 bits per heavy atom. The number of ether oxygens (including phenoxy) is 1. The molecule has 0 amide bonds. The van der Waals surface area contributed by atoms with Crippen LogP contribution in [0.15, 0.2) is 22.3 Å². The van der Waals surface area contributed by atoms with Crippen molar-refractivity contribution >= 4 is 38.9 Å². The molecule has 0 atom stereocenters. The fraction of sp³-hybridized carbons (Fsp3) is 0.353. The second kappa shape index (κ2) is 7.47. The highest BCUT2D eigenvalue weighted by molar-refractivity contribution is 7.20. The van der Waals surface area contributed by atoms with Crippen LogP contribution in [0.1, 0.15) is 17.1 Å². The molecule has 0 aromatic carbocycles. The van der Waals surface area contributed by atoms with Crippen molar-refractivity contribution in [2.24, 2.45) is 0 Å². The molecule has 0 aliphatic rings. The average Bonchev–Trinajstić information content (AvgIpc) is 3.18. The molecule has 25 heavy (non-hydrogen) atoms. The quantitative estimate of drug-likeness (QED) is 0.683. The van der Waals surface area contributed by atoms with E-state index >= 15 is 0 Å². The first-order chi connectivity index (χ1) is 12.0. The summed E-state index contributed by atoms with van der Waals surface area (Å²) in [5, 5.41) is 11.6. The molecule has 0 aliphatic heterocycles. The van der Waals surface area contributed by atoms with Crippen molar-refractivity contribution in [1.29, 1.82) is 0 Å². The molecule has 6 nitrogen and oxygen atoms in total. The summed E-state index contributed by atoms with van der Waals surface area (Å²) in [5.41, 5.74) is 0.736. The minimum atomic E-state index is -0.940. The summed E-state index contributed by atoms with van der Waals surface area (Å²) in [6, 6.07) is 3.94. The number of carboxylic acids is 1. The Balaban J connectivity index is 2.22. The fourth-order valence-electron chi connectivity index (χ4n) is 2.78. The van der Waals surface area contributed by atoms with E-state index in [9.17, 15) is 9.59 Å². The molecule has 0 radical (unpaired) electrons. The first-order valence-electron chi connectivity index (χ1n) is 7.80. The Hall–Kier alpha value is -2.03. The molecule has 3 aromatic rings. The van der Waals surface area contributed by atoms with Gasteiger partial charge in [0, 0.05) is 35.4 Å². The van der Waals surface area contributed by atoms with Crippen LogP contribution in [0.3, 0.4) is 0 Å². The normalized spacial score (nSPS) is 11.3. The molecule has 3 aromatic heterocycles. The number of aliphatic carboxylic acids is 1. The molecule has 0 bridgehead atoms. The summed E-state index contributed by atoms with van der Waals surface area (Å²) in [4.78, 5) is 31.5. The van der Waals surface area contributed by atoms with E-state index < -0.39 is 5.97 Å². The minimum absolute atomic E-state index is 0.106. The second-order valence-corrected chi connectivity index (χ2v) is 7.71. The molecule has 132 valence electrons. The largest absolute Gasteiger partial charge is 0.481 e. The summed E-state index contributed by atoms with van der Waals surface area (Å²) in [6.45, 7) is 2.51. The zero-order valence-electron chi connectivity index (χ0n) is 13.9. The van der Waals surface area contributed by atoms with Crippen LogP contribution in [0, 0.1) is 6.92 Å². The van der Waals surface area contributed by atoms with Gasteiger partial charge in [0.15, 0.2) is 0 Å². The number of methoxy groups -OCH3 is 1. The van der Waals surface area contributed by atoms with E-state index in [2.05, 4.69) is 4.98 Å². The number of rotatable bonds is 7. The van der Waals surface area contributed by atoms with E-state index in [1.807, 2.05) is 24.4 Å². The lowest BCUT2D eigenvalue weighted by Crippen LogP contribution is -2.27. The van der Waals surface area contributed by atoms with Gasteiger partial charge in [-0.3, -0.25) is 14.2 Å². The van der Waals surface area contributed by atoms with Crippen LogP contribution in [0.5, 0.6) is 0 Å². The number of hydrogen-bond acceptors (Lipinski definition) is 6. The van der Waals surface area contributed by atoms with Crippen molar-refractivity contribution in [3.05, 3.63) is 38.6 Å². The van der Waals surface area contributed by atoms with Crippen LogP contribution in [0.2, 0.25) is 0 Å². The van der Waals surface area contributed by atoms with Crippen molar-refractivity contribution in [3.8, 4) is 10.4 Å². The van der Waals surface area contributed by atoms with Gasteiger partial charge in [0.2, 0.25) is 0 Å². The molecule has 0 saturated carbocycles. The molecule has 0 fully saturated rings. The van der Waals surface area contributed by atoms with Crippen LogP contribution in [0.4, 0.5) is 0 Å². The SMILES string of the molecule is COCCc1nc2sc(C)c(-c3cccs3)c2c(=O)n1CCC(=O)O. The topological polar surface area (TPSA) is 81.4 Å². The summed E-state index contributed by atoms with van der Waals surface area (Å²) >= 11 is 3.07. The predicted octanol–water partition coefficient (Wildman–Crippen LogP) is 3.16. The molecule has 3 rings (SSSR count). The molecule has 3 heterocycles. The Bertz CT molecular complexity index is 957. The van der Waals surface area contributed by atoms with Crippen molar-refractivity contribution in [2.75, 3.05) is 13.7 Å². The summed E-state index contributed by atoms with van der Waals surface area (Å²) in [7, 11) is 1.59. The lowest BCUT2D eigenvalue weighted by molar-refractivity contribution is -0.137. The monoisotopic (exact) mass is 378 g/mol. The van der Waals surface area contributed by atoms with Crippen LogP contribution in [-0.2, 0) is 22.5 Å². The fourth-order valence-corrected chi connectivity index (χ4v) is 4.72. The number of nitrogens with zero attached hydrogens (tertiary/aromatic N) is 2. The van der Waals surface area contributed by atoms with Gasteiger partial charge in [-0.05, 0) is 18.4 Å². The second-order valence-electron chi connectivity index (χ2n) is 5.56. The maximum Gasteiger partial charge on any atom is 0.305 e. The number of thiophene rings is 2. The van der Waals surface area contributed by atoms with Crippen molar-refractivity contribution < 1.29 is 14.6 Å². The van der Waals surface area contributed by atoms with E-state index in [-0.39, 0.29) is 18.5 Å². The van der Waals surface area contributed by atoms with Gasteiger partial charge in [0.1, 0.15) is 10.7 Å². The number of hydrogen-bond donors (Lipinski definition) is 1. The van der Waals surface area contributed by atoms with E-state index in [1.54, 1.807) is 18.4 Å². The lowest BCUT2D eigenvalue weighted by atomic mass is 10.1. The first-order valence-corrected chi connectivity index (χ1v) is 9.50. The predicted molar refractivity (Wildman–Crippen MR) is 99.8 cm³/mol. The summed E-state index contributed by atoms with van der Waals surface area (Å²) in [6.07, 6.45) is 0.344. The van der Waals surface area contributed by atoms with Crippen LogP contribution in [0.25, 0.3) is 20.7 Å². The standard InChI is InChI=1S/C17H18N2O4S2/c1-10-14(11-4-3-9-24-11)15-16(25-10)18-12(6-8-23-2)19(17(15)22)7-5-13(20)21/h3-4,9H,5-8H2,1-2H3,(H,20,21). The number of aromatic nitrogens is 2. The molecule has 0 spiro atoms. The Kier molecular flexibility index (Phi) is 5.31. The van der Waals surface area contributed by atoms with Crippen LogP contribution < -0.4 is 5.56 Å². The third-order valence-corrected chi connectivity index (χ3v) is 5.80. The minimum Gasteiger partial charge on any atom is -0.481 e. The van der Waals surface area contributed by atoms with E-state index in [1.165, 1.54) is 15.9 Å². The molecule has 0 unspecified atom stereocenters. The third-order valence-electron chi connectivity index (χ3n) is 3.91. The number of aryl methyl sites for hydroxylation is 1. The number of carbonyl (C=O) groups is 1. The van der Waals surface area contributed by atoms with Crippen molar-refractivity contribution in [1.82, 2.24) is 9.55 Å². The molecular formula is C17H18N2O4S2. The third kappa shape index (κ3) is 3.51. The number of carboxylic acid groups (broad SMARTS) is 1. The molecule has 0 saturated heterocycles. The van der Waals surface area contributed by atoms with Crippen molar-refractivity contribution in [3.63, 3.8) is 0 Å². The molecule has 8 heteroatoms. The zero-order valence-corrected chi connectivity index (χ0v) is 15.6. The summed E-state index contributed by atoms with van der Waals surface area (Å²) in [5.74, 6) is -0.371. The van der Waals surface area contributed by atoms with Crippen LogP contribution >= 0.6 is 22.7 Å². The smallest absolute Gasteiger partial charge is 0.305 e. The van der Waals surface area contributed by atoms with Crippen LogP contribution in [-0.4, -0.2) is 34.3 Å². The van der Waals surface area contributed by atoms with Gasteiger partial charge in [0.25, 0.3) is 5.56 Å². The van der Waals surface area contributed by atoms with Gasteiger partial charge in [0.05, 0.1) is 18.4 Å². The molecular weight excluding hydrogens is 360 g/mol. The lowest BCUT2D eigenvalue weighted by Gasteiger charge is -2.11. The van der Waals surface area contributed by atoms with E-state index in [4.69, 9.17) is 9.84 Å². The Morgan fingerprint density at radius 2 is 2.24 bits per heavy atom. The molecule has 1 N–H and O–H groups in total. The van der Waals surface area contributed by atoms with E-state index in [0.29, 0.717) is 29.1 Å². The van der Waals surface area contributed by atoms with Gasteiger partial charge < -0.3 is 9.84 Å². The Morgan fingerprint density at radius 1 is 1.44 bits per heavy atom. The highest BCUT2D eigenvalue weighted by Crippen LogP contribution is 2.37. The average molecular weight is 378 g/mol. The van der Waals surface area contributed by atoms with Gasteiger partial charge in [-0.1, -0.05) is 6.07 Å². The zero-order chi connectivity index (χ0) is 18.0. The summed E-state index contributed by atoms with van der Waals surface area (Å²) < 4.78 is 6.58. The van der Waals surface area contributed by atoms with Gasteiger partial charge >= 0.3 is 5.97 Å². The van der Waals surface area contributed by atoms with Crippen molar-refractivity contribution in [2.45, 2.75) is 26.3 Å². The highest BCUT2D eigenvalue weighted by Gasteiger charge is 2.20. The van der Waals surface area contributed by atoms with Gasteiger partial charge in [-0.25, -0.2) is 4.98 Å². The Labute approximate surface area is 152 Å². The maximum atomic E-state index is 13.2. The molecule has 0 aliphatic carbocycles. The first kappa shape index (κ1) is 17.8. The number of fused-ring (bicyclic) bond motifs is 1. The highest BCUT2D eigenvalue weighted by atomic mass is 32.1. The van der Waals surface area contributed by atoms with Gasteiger partial charge in [-0.2, -0.15) is 0 Å². The van der Waals surface area contributed by atoms with E-state index in [0.717, 1.165) is 15.3 Å².